The van der Waals surface area contributed by atoms with Gasteiger partial charge in [-0.25, -0.2) is 0 Å². The summed E-state index contributed by atoms with van der Waals surface area (Å²) in [6.45, 7) is 2.18. The second kappa shape index (κ2) is 6.58. The molecule has 1 heteroatoms. The molecule has 2 aromatic rings. The molecule has 0 aliphatic rings. The molecular weight excluding hydrogens is 187 g/mol. The van der Waals surface area contributed by atoms with Crippen LogP contribution in [0.2, 0.25) is 0 Å². The Kier molecular flexibility index (Phi) is 5.39. The van der Waals surface area contributed by atoms with Gasteiger partial charge < -0.3 is 0 Å². The van der Waals surface area contributed by atoms with Gasteiger partial charge in [0.25, 0.3) is 0 Å². The molecule has 0 bridgehead atoms. The Bertz CT molecular complexity index is 403. The van der Waals surface area contributed by atoms with Gasteiger partial charge in [0, 0.05) is 0 Å². The number of hydrogen-bond acceptors (Lipinski definition) is 0. The molecule has 0 N–H and O–H groups in total. The Hall–Kier alpha value is -0.963. The molecule has 0 aromatic heterocycles. The number of benzene rings is 2. The first-order valence-corrected chi connectivity index (χ1v) is 5.41. The normalized spacial score (nSPS) is 9.56. The molecule has 0 unspecified atom stereocenters. The summed E-state index contributed by atoms with van der Waals surface area (Å²) in [4.78, 5) is 0. The van der Waals surface area contributed by atoms with Crippen LogP contribution in [0.4, 0.5) is 0 Å². The number of aryl methyl sites for hydroxylation is 1. The molecule has 16 heavy (non-hydrogen) atoms. The standard InChI is InChI=1S/C15H15.Li/c1-2-13-8-10-15(11-9-13)12-14-6-4-3-5-7-14;/h3-4,6-11H,2,12H2,1H3;/q-1;+1. The summed E-state index contributed by atoms with van der Waals surface area (Å²) in [6.07, 6.45) is 2.11. The summed E-state index contributed by atoms with van der Waals surface area (Å²) < 4.78 is 0. The molecule has 0 heterocycles. The molecule has 0 atom stereocenters. The van der Waals surface area contributed by atoms with Crippen LogP contribution in [0.3, 0.4) is 0 Å². The zero-order valence-electron chi connectivity index (χ0n) is 10.0. The summed E-state index contributed by atoms with van der Waals surface area (Å²) in [5.74, 6) is 0. The minimum absolute atomic E-state index is 0. The topological polar surface area (TPSA) is 0 Å². The average molecular weight is 202 g/mol. The van der Waals surface area contributed by atoms with Crippen molar-refractivity contribution >= 4 is 0 Å². The minimum atomic E-state index is 0. The summed E-state index contributed by atoms with van der Waals surface area (Å²) in [5.41, 5.74) is 4.09. The van der Waals surface area contributed by atoms with Gasteiger partial charge in [-0.3, -0.25) is 0 Å². The zero-order valence-corrected chi connectivity index (χ0v) is 10.0. The first kappa shape index (κ1) is 13.1. The van der Waals surface area contributed by atoms with Crippen molar-refractivity contribution in [2.24, 2.45) is 0 Å². The average Bonchev–Trinajstić information content (AvgIpc) is 2.31. The van der Waals surface area contributed by atoms with Crippen LogP contribution in [-0.4, -0.2) is 0 Å². The van der Waals surface area contributed by atoms with Crippen molar-refractivity contribution in [1.82, 2.24) is 0 Å². The summed E-state index contributed by atoms with van der Waals surface area (Å²) in [6, 6.07) is 20.1. The van der Waals surface area contributed by atoms with Crippen molar-refractivity contribution in [3.8, 4) is 0 Å². The molecule has 2 aromatic carbocycles. The van der Waals surface area contributed by atoms with Crippen LogP contribution in [0.15, 0.2) is 48.5 Å². The molecule has 0 saturated carbocycles. The molecule has 0 saturated heterocycles. The van der Waals surface area contributed by atoms with Gasteiger partial charge in [0.05, 0.1) is 0 Å². The fourth-order valence-electron chi connectivity index (χ4n) is 1.67. The molecular formula is C15H15Li. The van der Waals surface area contributed by atoms with Gasteiger partial charge in [-0.1, -0.05) is 36.8 Å². The van der Waals surface area contributed by atoms with Crippen LogP contribution in [0.5, 0.6) is 0 Å². The van der Waals surface area contributed by atoms with Crippen molar-refractivity contribution < 1.29 is 18.9 Å². The van der Waals surface area contributed by atoms with Gasteiger partial charge in [-0.2, -0.15) is 35.9 Å². The van der Waals surface area contributed by atoms with E-state index < -0.39 is 0 Å². The fraction of sp³-hybridized carbons (Fsp3) is 0.200. The van der Waals surface area contributed by atoms with Crippen LogP contribution in [-0.2, 0) is 12.8 Å². The van der Waals surface area contributed by atoms with Crippen molar-refractivity contribution in [3.05, 3.63) is 71.3 Å². The van der Waals surface area contributed by atoms with E-state index in [1.54, 1.807) is 0 Å². The Morgan fingerprint density at radius 2 is 1.62 bits per heavy atom. The van der Waals surface area contributed by atoms with E-state index in [1.807, 2.05) is 18.2 Å². The van der Waals surface area contributed by atoms with Gasteiger partial charge in [0.15, 0.2) is 0 Å². The first-order valence-electron chi connectivity index (χ1n) is 5.41. The maximum Gasteiger partial charge on any atom is 1.00 e. The second-order valence-corrected chi connectivity index (χ2v) is 3.76. The van der Waals surface area contributed by atoms with Gasteiger partial charge in [-0.05, 0) is 18.4 Å². The van der Waals surface area contributed by atoms with Gasteiger partial charge >= 0.3 is 18.9 Å². The fourth-order valence-corrected chi connectivity index (χ4v) is 1.67. The van der Waals surface area contributed by atoms with E-state index in [4.69, 9.17) is 0 Å². The van der Waals surface area contributed by atoms with E-state index in [0.29, 0.717) is 0 Å². The molecule has 0 radical (unpaired) electrons. The number of rotatable bonds is 3. The van der Waals surface area contributed by atoms with E-state index in [2.05, 4.69) is 43.3 Å². The van der Waals surface area contributed by atoms with Crippen LogP contribution in [0, 0.1) is 6.07 Å². The number of hydrogen-bond donors (Lipinski definition) is 0. The largest absolute Gasteiger partial charge is 1.00 e. The third-order valence-corrected chi connectivity index (χ3v) is 2.61. The molecule has 0 spiro atoms. The van der Waals surface area contributed by atoms with E-state index >= 15 is 0 Å². The van der Waals surface area contributed by atoms with Gasteiger partial charge in [0.1, 0.15) is 0 Å². The predicted octanol–water partition coefficient (Wildman–Crippen LogP) is 0.644. The summed E-state index contributed by atoms with van der Waals surface area (Å²) >= 11 is 0. The third-order valence-electron chi connectivity index (χ3n) is 2.61. The molecule has 0 amide bonds. The summed E-state index contributed by atoms with van der Waals surface area (Å²) in [5, 5.41) is 0. The van der Waals surface area contributed by atoms with Crippen LogP contribution >= 0.6 is 0 Å². The first-order chi connectivity index (χ1) is 7.38. The third kappa shape index (κ3) is 3.56. The van der Waals surface area contributed by atoms with E-state index in [-0.39, 0.29) is 18.9 Å². The Morgan fingerprint density at radius 1 is 0.938 bits per heavy atom. The quantitative estimate of drug-likeness (QED) is 0.506. The molecule has 2 rings (SSSR count). The maximum atomic E-state index is 3.10. The molecule has 0 aliphatic heterocycles. The van der Waals surface area contributed by atoms with E-state index in [0.717, 1.165) is 12.8 Å². The van der Waals surface area contributed by atoms with Gasteiger partial charge in [-0.15, -0.1) is 0 Å². The van der Waals surface area contributed by atoms with Crippen LogP contribution < -0.4 is 18.9 Å². The van der Waals surface area contributed by atoms with Crippen LogP contribution in [0.25, 0.3) is 0 Å². The predicted molar refractivity (Wildman–Crippen MR) is 63.9 cm³/mol. The Morgan fingerprint density at radius 3 is 2.19 bits per heavy atom. The van der Waals surface area contributed by atoms with Crippen molar-refractivity contribution in [1.29, 1.82) is 0 Å². The molecule has 0 fully saturated rings. The summed E-state index contributed by atoms with van der Waals surface area (Å²) in [7, 11) is 0. The molecule has 0 aliphatic carbocycles. The Balaban J connectivity index is 0.00000128. The van der Waals surface area contributed by atoms with E-state index in [1.165, 1.54) is 16.7 Å². The van der Waals surface area contributed by atoms with Crippen LogP contribution in [0.1, 0.15) is 23.6 Å². The van der Waals surface area contributed by atoms with Crippen molar-refractivity contribution in [2.75, 3.05) is 0 Å². The smallest absolute Gasteiger partial charge is 0.184 e. The monoisotopic (exact) mass is 202 g/mol. The van der Waals surface area contributed by atoms with Gasteiger partial charge in [0.2, 0.25) is 0 Å². The minimum Gasteiger partial charge on any atom is -0.184 e. The molecule has 76 valence electrons. The van der Waals surface area contributed by atoms with Crippen molar-refractivity contribution in [3.63, 3.8) is 0 Å². The maximum absolute atomic E-state index is 3.10. The molecule has 0 nitrogen and oxygen atoms in total. The zero-order chi connectivity index (χ0) is 10.5. The second-order valence-electron chi connectivity index (χ2n) is 3.76. The Labute approximate surface area is 110 Å². The SMILES string of the molecule is CCc1ccc(Cc2c[c-]ccc2)cc1.[Li+]. The van der Waals surface area contributed by atoms with Crippen molar-refractivity contribution in [2.45, 2.75) is 19.8 Å². The van der Waals surface area contributed by atoms with E-state index in [9.17, 15) is 0 Å².